The molecule has 0 aromatic carbocycles. The van der Waals surface area contributed by atoms with Crippen LogP contribution in [0.15, 0.2) is 15.9 Å². The Morgan fingerprint density at radius 1 is 1.62 bits per heavy atom. The Labute approximate surface area is 88.7 Å². The molecule has 1 heterocycles. The highest BCUT2D eigenvalue weighted by molar-refractivity contribution is 9.11. The molecular weight excluding hydrogens is 252 g/mol. The summed E-state index contributed by atoms with van der Waals surface area (Å²) in [5.74, 6) is 0.103. The van der Waals surface area contributed by atoms with Crippen LogP contribution in [0.5, 0.6) is 0 Å². The van der Waals surface area contributed by atoms with Crippen LogP contribution < -0.4 is 0 Å². The van der Waals surface area contributed by atoms with Crippen LogP contribution in [0, 0.1) is 5.41 Å². The third-order valence-corrected chi connectivity index (χ3v) is 4.06. The molecule has 70 valence electrons. The monoisotopic (exact) mass is 260 g/mol. The molecule has 0 amide bonds. The average molecular weight is 261 g/mol. The highest BCUT2D eigenvalue weighted by Gasteiger charge is 2.49. The molecule has 0 radical (unpaired) electrons. The zero-order valence-electron chi connectivity index (χ0n) is 6.92. The molecule has 4 heteroatoms. The van der Waals surface area contributed by atoms with Crippen LogP contribution >= 0.6 is 27.3 Å². The van der Waals surface area contributed by atoms with Crippen LogP contribution in [0.25, 0.3) is 0 Å². The summed E-state index contributed by atoms with van der Waals surface area (Å²) in [6.07, 6.45) is 1.66. The molecule has 2 nitrogen and oxygen atoms in total. The van der Waals surface area contributed by atoms with Crippen molar-refractivity contribution in [2.24, 2.45) is 5.41 Å². The van der Waals surface area contributed by atoms with Gasteiger partial charge in [0, 0.05) is 0 Å². The zero-order chi connectivity index (χ0) is 9.47. The van der Waals surface area contributed by atoms with E-state index >= 15 is 0 Å². The number of aliphatic hydroxyl groups excluding tert-OH is 1. The van der Waals surface area contributed by atoms with Gasteiger partial charge in [0.15, 0.2) is 5.78 Å². The molecule has 13 heavy (non-hydrogen) atoms. The van der Waals surface area contributed by atoms with Gasteiger partial charge in [-0.15, -0.1) is 11.3 Å². The summed E-state index contributed by atoms with van der Waals surface area (Å²) in [6.45, 7) is -0.0125. The van der Waals surface area contributed by atoms with Gasteiger partial charge in [0.25, 0.3) is 0 Å². The lowest BCUT2D eigenvalue weighted by atomic mass is 10.0. The van der Waals surface area contributed by atoms with E-state index in [0.717, 1.165) is 21.5 Å². The molecule has 1 aliphatic rings. The molecule has 0 unspecified atom stereocenters. The minimum atomic E-state index is -0.426. The predicted molar refractivity (Wildman–Crippen MR) is 55.1 cm³/mol. The van der Waals surface area contributed by atoms with Gasteiger partial charge in [0.2, 0.25) is 0 Å². The first kappa shape index (κ1) is 9.37. The second-order valence-electron chi connectivity index (χ2n) is 3.37. The maximum absolute atomic E-state index is 11.8. The fourth-order valence-electron chi connectivity index (χ4n) is 1.31. The van der Waals surface area contributed by atoms with E-state index in [4.69, 9.17) is 5.11 Å². The molecule has 0 aliphatic heterocycles. The van der Waals surface area contributed by atoms with Crippen LogP contribution in [0.3, 0.4) is 0 Å². The van der Waals surface area contributed by atoms with Gasteiger partial charge in [-0.2, -0.15) is 0 Å². The molecule has 2 rings (SSSR count). The van der Waals surface area contributed by atoms with E-state index in [1.54, 1.807) is 0 Å². The summed E-state index contributed by atoms with van der Waals surface area (Å²) < 4.78 is 0.963. The van der Waals surface area contributed by atoms with E-state index in [2.05, 4.69) is 15.9 Å². The first-order valence-corrected chi connectivity index (χ1v) is 5.70. The maximum Gasteiger partial charge on any atom is 0.181 e. The second-order valence-corrected chi connectivity index (χ2v) is 5.83. The van der Waals surface area contributed by atoms with Crippen molar-refractivity contribution in [1.82, 2.24) is 0 Å². The van der Waals surface area contributed by atoms with Crippen molar-refractivity contribution in [2.45, 2.75) is 12.8 Å². The standard InChI is InChI=1S/C9H9BrO2S/c10-7-2-1-6(13-7)8(12)9(5-11)3-4-9/h1-2,11H,3-5H2. The number of hydrogen-bond acceptors (Lipinski definition) is 3. The maximum atomic E-state index is 11.8. The van der Waals surface area contributed by atoms with Gasteiger partial charge in [-0.05, 0) is 40.9 Å². The Balaban J connectivity index is 2.23. The highest BCUT2D eigenvalue weighted by Crippen LogP contribution is 2.48. The Hall–Kier alpha value is -0.190. The minimum absolute atomic E-state index is 0.0125. The second kappa shape index (κ2) is 3.19. The summed E-state index contributed by atoms with van der Waals surface area (Å²) in [5, 5.41) is 9.07. The van der Waals surface area contributed by atoms with Crippen molar-refractivity contribution in [2.75, 3.05) is 6.61 Å². The smallest absolute Gasteiger partial charge is 0.181 e. The van der Waals surface area contributed by atoms with E-state index < -0.39 is 5.41 Å². The summed E-state index contributed by atoms with van der Waals surface area (Å²) in [7, 11) is 0. The van der Waals surface area contributed by atoms with Gasteiger partial charge >= 0.3 is 0 Å². The summed E-state index contributed by atoms with van der Waals surface area (Å²) in [5.41, 5.74) is -0.426. The van der Waals surface area contributed by atoms with Crippen molar-refractivity contribution < 1.29 is 9.90 Å². The topological polar surface area (TPSA) is 37.3 Å². The molecule has 0 atom stereocenters. The van der Waals surface area contributed by atoms with Crippen LogP contribution in [0.2, 0.25) is 0 Å². The lowest BCUT2D eigenvalue weighted by Gasteiger charge is -2.07. The van der Waals surface area contributed by atoms with Crippen molar-refractivity contribution >= 4 is 33.0 Å². The molecule has 1 aromatic heterocycles. The number of ketones is 1. The summed E-state index contributed by atoms with van der Waals surface area (Å²) in [4.78, 5) is 12.6. The fourth-order valence-corrected chi connectivity index (χ4v) is 2.75. The van der Waals surface area contributed by atoms with Gasteiger partial charge < -0.3 is 5.11 Å². The number of aliphatic hydroxyl groups is 1. The Bertz CT molecular complexity index is 341. The van der Waals surface area contributed by atoms with E-state index in [9.17, 15) is 4.79 Å². The number of Topliss-reactive ketones (excluding diaryl/α,β-unsaturated/α-hetero) is 1. The number of rotatable bonds is 3. The number of carbonyl (C=O) groups is 1. The van der Waals surface area contributed by atoms with Crippen molar-refractivity contribution in [3.8, 4) is 0 Å². The van der Waals surface area contributed by atoms with Gasteiger partial charge in [-0.3, -0.25) is 4.79 Å². The number of thiophene rings is 1. The molecule has 1 saturated carbocycles. The fraction of sp³-hybridized carbons (Fsp3) is 0.444. The molecule has 1 aromatic rings. The van der Waals surface area contributed by atoms with Gasteiger partial charge in [0.05, 0.1) is 20.7 Å². The quantitative estimate of drug-likeness (QED) is 0.848. The first-order chi connectivity index (χ1) is 6.18. The largest absolute Gasteiger partial charge is 0.395 e. The van der Waals surface area contributed by atoms with E-state index in [0.29, 0.717) is 0 Å². The molecule has 1 fully saturated rings. The lowest BCUT2D eigenvalue weighted by Crippen LogP contribution is -2.18. The molecule has 1 aliphatic carbocycles. The Kier molecular flexibility index (Phi) is 2.30. The molecule has 0 bridgehead atoms. The molecule has 0 saturated heterocycles. The van der Waals surface area contributed by atoms with Crippen molar-refractivity contribution in [3.05, 3.63) is 20.8 Å². The number of hydrogen-bond donors (Lipinski definition) is 1. The Morgan fingerprint density at radius 2 is 2.31 bits per heavy atom. The molecule has 1 N–H and O–H groups in total. The molecular formula is C9H9BrO2S. The average Bonchev–Trinajstić information content (AvgIpc) is 2.82. The van der Waals surface area contributed by atoms with Gasteiger partial charge in [-0.25, -0.2) is 0 Å². The van der Waals surface area contributed by atoms with Gasteiger partial charge in [-0.1, -0.05) is 0 Å². The summed E-state index contributed by atoms with van der Waals surface area (Å²) >= 11 is 4.75. The van der Waals surface area contributed by atoms with E-state index in [1.807, 2.05) is 12.1 Å². The highest BCUT2D eigenvalue weighted by atomic mass is 79.9. The van der Waals surface area contributed by atoms with Crippen molar-refractivity contribution in [1.29, 1.82) is 0 Å². The van der Waals surface area contributed by atoms with E-state index in [-0.39, 0.29) is 12.4 Å². The van der Waals surface area contributed by atoms with Crippen molar-refractivity contribution in [3.63, 3.8) is 0 Å². The third-order valence-electron chi connectivity index (χ3n) is 2.43. The summed E-state index contributed by atoms with van der Waals surface area (Å²) in [6, 6.07) is 3.68. The van der Waals surface area contributed by atoms with E-state index in [1.165, 1.54) is 11.3 Å². The van der Waals surface area contributed by atoms with Crippen LogP contribution in [0.4, 0.5) is 0 Å². The van der Waals surface area contributed by atoms with Crippen LogP contribution in [-0.4, -0.2) is 17.5 Å². The van der Waals surface area contributed by atoms with Gasteiger partial charge in [0.1, 0.15) is 0 Å². The molecule has 0 spiro atoms. The number of carbonyl (C=O) groups excluding carboxylic acids is 1. The predicted octanol–water partition coefficient (Wildman–Crippen LogP) is 2.47. The lowest BCUT2D eigenvalue weighted by molar-refractivity contribution is 0.0834. The van der Waals surface area contributed by atoms with Crippen LogP contribution in [0.1, 0.15) is 22.5 Å². The third kappa shape index (κ3) is 1.58. The SMILES string of the molecule is O=C(c1ccc(Br)s1)C1(CO)CC1. The normalized spacial score (nSPS) is 18.6. The number of halogens is 1. The van der Waals surface area contributed by atoms with Crippen LogP contribution in [-0.2, 0) is 0 Å². The zero-order valence-corrected chi connectivity index (χ0v) is 9.32. The first-order valence-electron chi connectivity index (χ1n) is 4.09. The Morgan fingerprint density at radius 3 is 2.69 bits per heavy atom. The minimum Gasteiger partial charge on any atom is -0.395 e.